The second-order valence-electron chi connectivity index (χ2n) is 4.14. The third-order valence-corrected chi connectivity index (χ3v) is 2.53. The van der Waals surface area contributed by atoms with Gasteiger partial charge in [-0.2, -0.15) is 0 Å². The summed E-state index contributed by atoms with van der Waals surface area (Å²) >= 11 is 0. The van der Waals surface area contributed by atoms with Crippen molar-refractivity contribution >= 4 is 5.78 Å². The fourth-order valence-corrected chi connectivity index (χ4v) is 1.28. The van der Waals surface area contributed by atoms with E-state index in [0.29, 0.717) is 0 Å². The van der Waals surface area contributed by atoms with Gasteiger partial charge in [0.25, 0.3) is 0 Å². The first-order chi connectivity index (χ1) is 7.43. The van der Waals surface area contributed by atoms with Gasteiger partial charge in [0.15, 0.2) is 17.4 Å². The van der Waals surface area contributed by atoms with E-state index in [4.69, 9.17) is 5.73 Å². The van der Waals surface area contributed by atoms with Crippen LogP contribution in [0.1, 0.15) is 30.6 Å². The van der Waals surface area contributed by atoms with Crippen LogP contribution in [0.2, 0.25) is 0 Å². The quantitative estimate of drug-likeness (QED) is 0.803. The summed E-state index contributed by atoms with van der Waals surface area (Å²) in [5.74, 6) is -2.44. The van der Waals surface area contributed by atoms with Crippen LogP contribution in [0.3, 0.4) is 0 Å². The van der Waals surface area contributed by atoms with Crippen molar-refractivity contribution in [2.75, 3.05) is 0 Å². The van der Waals surface area contributed by atoms with E-state index in [2.05, 4.69) is 0 Å². The first kappa shape index (κ1) is 12.8. The van der Waals surface area contributed by atoms with Crippen molar-refractivity contribution in [3.63, 3.8) is 0 Å². The van der Waals surface area contributed by atoms with Gasteiger partial charge in [-0.15, -0.1) is 0 Å². The molecule has 0 saturated heterocycles. The molecule has 0 radical (unpaired) electrons. The Hall–Kier alpha value is -1.29. The third kappa shape index (κ3) is 2.85. The van der Waals surface area contributed by atoms with Crippen LogP contribution in [-0.4, -0.2) is 11.8 Å². The number of carbonyl (C=O) groups is 1. The molecule has 1 aromatic rings. The van der Waals surface area contributed by atoms with Gasteiger partial charge in [-0.05, 0) is 18.1 Å². The van der Waals surface area contributed by atoms with E-state index in [-0.39, 0.29) is 23.9 Å². The molecule has 0 saturated carbocycles. The Bertz CT molecular complexity index is 391. The highest BCUT2D eigenvalue weighted by Gasteiger charge is 2.19. The van der Waals surface area contributed by atoms with Gasteiger partial charge in [-0.3, -0.25) is 4.79 Å². The molecule has 4 heteroatoms. The summed E-state index contributed by atoms with van der Waals surface area (Å²) in [4.78, 5) is 11.6. The Balaban J connectivity index is 2.85. The standard InChI is InChI=1S/C12H15F2NO/c1-7(2)10(15)6-11(16)8-4-3-5-9(13)12(8)14/h3-5,7,10H,6,15H2,1-2H3. The molecule has 0 bridgehead atoms. The molecule has 0 aliphatic carbocycles. The molecule has 0 aliphatic heterocycles. The molecular weight excluding hydrogens is 212 g/mol. The zero-order valence-corrected chi connectivity index (χ0v) is 9.34. The van der Waals surface area contributed by atoms with E-state index in [1.54, 1.807) is 0 Å². The van der Waals surface area contributed by atoms with Crippen LogP contribution >= 0.6 is 0 Å². The number of ketones is 1. The third-order valence-electron chi connectivity index (χ3n) is 2.53. The summed E-state index contributed by atoms with van der Waals surface area (Å²) in [6.45, 7) is 3.75. The van der Waals surface area contributed by atoms with Crippen molar-refractivity contribution in [3.8, 4) is 0 Å². The Morgan fingerprint density at radius 1 is 1.38 bits per heavy atom. The lowest BCUT2D eigenvalue weighted by atomic mass is 9.96. The zero-order valence-electron chi connectivity index (χ0n) is 9.34. The number of hydrogen-bond acceptors (Lipinski definition) is 2. The second-order valence-corrected chi connectivity index (χ2v) is 4.14. The van der Waals surface area contributed by atoms with Crippen LogP contribution in [0, 0.1) is 17.6 Å². The molecule has 0 amide bonds. The lowest BCUT2D eigenvalue weighted by molar-refractivity contribution is 0.0962. The molecule has 2 N–H and O–H groups in total. The predicted octanol–water partition coefficient (Wildman–Crippen LogP) is 2.52. The van der Waals surface area contributed by atoms with E-state index >= 15 is 0 Å². The lowest BCUT2D eigenvalue weighted by Crippen LogP contribution is -2.29. The minimum absolute atomic E-state index is 0.0258. The van der Waals surface area contributed by atoms with Gasteiger partial charge in [0.1, 0.15) is 0 Å². The van der Waals surface area contributed by atoms with Gasteiger partial charge in [0, 0.05) is 12.5 Å². The van der Waals surface area contributed by atoms with E-state index < -0.39 is 17.4 Å². The maximum Gasteiger partial charge on any atom is 0.169 e. The van der Waals surface area contributed by atoms with Gasteiger partial charge in [-0.1, -0.05) is 19.9 Å². The summed E-state index contributed by atoms with van der Waals surface area (Å²) in [6, 6.07) is 3.23. The maximum atomic E-state index is 13.3. The predicted molar refractivity (Wildman–Crippen MR) is 58.1 cm³/mol. The largest absolute Gasteiger partial charge is 0.327 e. The van der Waals surface area contributed by atoms with Crippen LogP contribution < -0.4 is 5.73 Å². The molecule has 0 fully saturated rings. The highest BCUT2D eigenvalue weighted by Crippen LogP contribution is 2.15. The highest BCUT2D eigenvalue weighted by atomic mass is 19.2. The van der Waals surface area contributed by atoms with Crippen LogP contribution in [0.15, 0.2) is 18.2 Å². The van der Waals surface area contributed by atoms with Crippen molar-refractivity contribution in [3.05, 3.63) is 35.4 Å². The number of hydrogen-bond donors (Lipinski definition) is 1. The SMILES string of the molecule is CC(C)C(N)CC(=O)c1cccc(F)c1F. The summed E-state index contributed by atoms with van der Waals surface area (Å²) in [5, 5.41) is 0. The number of benzene rings is 1. The summed E-state index contributed by atoms with van der Waals surface area (Å²) in [5.41, 5.74) is 5.48. The Kier molecular flexibility index (Phi) is 4.12. The average molecular weight is 227 g/mol. The minimum atomic E-state index is -1.09. The topological polar surface area (TPSA) is 43.1 Å². The van der Waals surface area contributed by atoms with Crippen LogP contribution in [0.5, 0.6) is 0 Å². The Morgan fingerprint density at radius 3 is 2.56 bits per heavy atom. The molecule has 0 spiro atoms. The summed E-state index contributed by atoms with van der Waals surface area (Å²) < 4.78 is 26.1. The van der Waals surface area contributed by atoms with Gasteiger partial charge in [0.2, 0.25) is 0 Å². The minimum Gasteiger partial charge on any atom is -0.327 e. The monoisotopic (exact) mass is 227 g/mol. The normalized spacial score (nSPS) is 12.9. The van der Waals surface area contributed by atoms with Crippen LogP contribution in [0.25, 0.3) is 0 Å². The van der Waals surface area contributed by atoms with Gasteiger partial charge in [-0.25, -0.2) is 8.78 Å². The molecule has 16 heavy (non-hydrogen) atoms. The van der Waals surface area contributed by atoms with Crippen molar-refractivity contribution in [1.29, 1.82) is 0 Å². The molecule has 1 rings (SSSR count). The highest BCUT2D eigenvalue weighted by molar-refractivity contribution is 5.96. The number of rotatable bonds is 4. The molecule has 0 aromatic heterocycles. The smallest absolute Gasteiger partial charge is 0.169 e. The van der Waals surface area contributed by atoms with Crippen molar-refractivity contribution < 1.29 is 13.6 Å². The Morgan fingerprint density at radius 2 is 2.00 bits per heavy atom. The van der Waals surface area contributed by atoms with E-state index in [1.165, 1.54) is 12.1 Å². The number of halogens is 2. The van der Waals surface area contributed by atoms with E-state index in [0.717, 1.165) is 6.07 Å². The molecule has 1 aromatic carbocycles. The fourth-order valence-electron chi connectivity index (χ4n) is 1.28. The van der Waals surface area contributed by atoms with Crippen LogP contribution in [0.4, 0.5) is 8.78 Å². The maximum absolute atomic E-state index is 13.3. The molecule has 1 atom stereocenters. The second kappa shape index (κ2) is 5.16. The molecular formula is C12H15F2NO. The number of nitrogens with two attached hydrogens (primary N) is 1. The van der Waals surface area contributed by atoms with Gasteiger partial charge < -0.3 is 5.73 Å². The van der Waals surface area contributed by atoms with E-state index in [9.17, 15) is 13.6 Å². The van der Waals surface area contributed by atoms with Crippen molar-refractivity contribution in [2.45, 2.75) is 26.3 Å². The van der Waals surface area contributed by atoms with Gasteiger partial charge >= 0.3 is 0 Å². The summed E-state index contributed by atoms with van der Waals surface area (Å²) in [7, 11) is 0. The molecule has 0 heterocycles. The molecule has 1 unspecified atom stereocenters. The molecule has 88 valence electrons. The lowest BCUT2D eigenvalue weighted by Gasteiger charge is -2.14. The van der Waals surface area contributed by atoms with E-state index in [1.807, 2.05) is 13.8 Å². The van der Waals surface area contributed by atoms with Crippen molar-refractivity contribution in [2.24, 2.45) is 11.7 Å². The summed E-state index contributed by atoms with van der Waals surface area (Å²) in [6.07, 6.45) is 0.0258. The molecule has 2 nitrogen and oxygen atoms in total. The fraction of sp³-hybridized carbons (Fsp3) is 0.417. The van der Waals surface area contributed by atoms with Crippen LogP contribution in [-0.2, 0) is 0 Å². The molecule has 0 aliphatic rings. The zero-order chi connectivity index (χ0) is 12.3. The first-order valence-corrected chi connectivity index (χ1v) is 5.16. The number of Topliss-reactive ketones (excluding diaryl/α,β-unsaturated/α-hetero) is 1. The van der Waals surface area contributed by atoms with Gasteiger partial charge in [0.05, 0.1) is 5.56 Å². The Labute approximate surface area is 93.5 Å². The van der Waals surface area contributed by atoms with Crippen molar-refractivity contribution in [1.82, 2.24) is 0 Å². The first-order valence-electron chi connectivity index (χ1n) is 5.16. The average Bonchev–Trinajstić information content (AvgIpc) is 2.21. The number of carbonyl (C=O) groups excluding carboxylic acids is 1.